The van der Waals surface area contributed by atoms with Gasteiger partial charge in [0.2, 0.25) is 0 Å². The lowest BCUT2D eigenvalue weighted by atomic mass is 10.0. The SMILES string of the molecule is CN=C(NCc1ccc(COCc2ccccc2)cc1)NCC(C)(C)N1CCOCC1. The third-order valence-electron chi connectivity index (χ3n) is 5.64. The van der Waals surface area contributed by atoms with Crippen LogP contribution >= 0.6 is 0 Å². The van der Waals surface area contributed by atoms with E-state index in [1.165, 1.54) is 16.7 Å². The first kappa shape index (κ1) is 23.3. The van der Waals surface area contributed by atoms with E-state index in [1.807, 2.05) is 25.2 Å². The molecule has 6 nitrogen and oxygen atoms in total. The zero-order valence-corrected chi connectivity index (χ0v) is 19.1. The van der Waals surface area contributed by atoms with Crippen LogP contribution in [0, 0.1) is 0 Å². The molecular weight excluding hydrogens is 388 g/mol. The van der Waals surface area contributed by atoms with Crippen LogP contribution in [0.3, 0.4) is 0 Å². The van der Waals surface area contributed by atoms with Crippen LogP contribution in [0.15, 0.2) is 59.6 Å². The molecule has 0 unspecified atom stereocenters. The summed E-state index contributed by atoms with van der Waals surface area (Å²) in [4.78, 5) is 6.84. The summed E-state index contributed by atoms with van der Waals surface area (Å²) in [5.41, 5.74) is 3.62. The topological polar surface area (TPSA) is 58.1 Å². The maximum atomic E-state index is 5.82. The zero-order valence-electron chi connectivity index (χ0n) is 19.1. The van der Waals surface area contributed by atoms with E-state index in [9.17, 15) is 0 Å². The quantitative estimate of drug-likeness (QED) is 0.478. The number of guanidine groups is 1. The maximum Gasteiger partial charge on any atom is 0.191 e. The Hall–Kier alpha value is -2.41. The van der Waals surface area contributed by atoms with Gasteiger partial charge < -0.3 is 20.1 Å². The van der Waals surface area contributed by atoms with E-state index in [1.54, 1.807) is 0 Å². The molecule has 0 atom stereocenters. The minimum Gasteiger partial charge on any atom is -0.379 e. The van der Waals surface area contributed by atoms with Crippen molar-refractivity contribution in [1.29, 1.82) is 0 Å². The molecule has 2 aromatic rings. The normalized spacial score (nSPS) is 15.6. The first-order chi connectivity index (χ1) is 15.1. The highest BCUT2D eigenvalue weighted by atomic mass is 16.5. The molecule has 2 aromatic carbocycles. The summed E-state index contributed by atoms with van der Waals surface area (Å²) < 4.78 is 11.3. The van der Waals surface area contributed by atoms with Gasteiger partial charge in [0.05, 0.1) is 26.4 Å². The van der Waals surface area contributed by atoms with Gasteiger partial charge in [-0.05, 0) is 30.5 Å². The van der Waals surface area contributed by atoms with Crippen LogP contribution in [0.25, 0.3) is 0 Å². The van der Waals surface area contributed by atoms with Gasteiger partial charge in [0.15, 0.2) is 5.96 Å². The predicted molar refractivity (Wildman–Crippen MR) is 126 cm³/mol. The molecule has 6 heteroatoms. The van der Waals surface area contributed by atoms with Crippen LogP contribution in [0.1, 0.15) is 30.5 Å². The molecule has 1 aliphatic rings. The Morgan fingerprint density at radius 3 is 2.19 bits per heavy atom. The van der Waals surface area contributed by atoms with Crippen molar-refractivity contribution in [1.82, 2.24) is 15.5 Å². The second-order valence-electron chi connectivity index (χ2n) is 8.49. The van der Waals surface area contributed by atoms with E-state index in [2.05, 4.69) is 70.8 Å². The van der Waals surface area contributed by atoms with Crippen LogP contribution in [0.5, 0.6) is 0 Å². The van der Waals surface area contributed by atoms with E-state index in [0.717, 1.165) is 45.4 Å². The van der Waals surface area contributed by atoms with Crippen molar-refractivity contribution in [3.8, 4) is 0 Å². The number of aliphatic imine (C=N–C) groups is 1. The van der Waals surface area contributed by atoms with Crippen LogP contribution < -0.4 is 10.6 Å². The van der Waals surface area contributed by atoms with Crippen LogP contribution in [-0.2, 0) is 29.2 Å². The third-order valence-corrected chi connectivity index (χ3v) is 5.64. The highest BCUT2D eigenvalue weighted by molar-refractivity contribution is 5.79. The molecule has 0 bridgehead atoms. The first-order valence-corrected chi connectivity index (χ1v) is 11.0. The average Bonchev–Trinajstić information content (AvgIpc) is 2.81. The third kappa shape index (κ3) is 7.65. The second-order valence-corrected chi connectivity index (χ2v) is 8.49. The Labute approximate surface area is 186 Å². The number of hydrogen-bond donors (Lipinski definition) is 2. The lowest BCUT2D eigenvalue weighted by molar-refractivity contribution is -0.00834. The van der Waals surface area contributed by atoms with E-state index < -0.39 is 0 Å². The Balaban J connectivity index is 1.39. The molecule has 1 saturated heterocycles. The molecule has 0 spiro atoms. The van der Waals surface area contributed by atoms with E-state index >= 15 is 0 Å². The van der Waals surface area contributed by atoms with Crippen molar-refractivity contribution in [3.63, 3.8) is 0 Å². The lowest BCUT2D eigenvalue weighted by Gasteiger charge is -2.41. The van der Waals surface area contributed by atoms with Gasteiger partial charge in [0.25, 0.3) is 0 Å². The Kier molecular flexibility index (Phi) is 8.88. The molecule has 0 saturated carbocycles. The van der Waals surface area contributed by atoms with Gasteiger partial charge in [-0.25, -0.2) is 0 Å². The summed E-state index contributed by atoms with van der Waals surface area (Å²) in [6, 6.07) is 18.8. The van der Waals surface area contributed by atoms with Gasteiger partial charge in [-0.2, -0.15) is 0 Å². The van der Waals surface area contributed by atoms with Gasteiger partial charge in [0, 0.05) is 38.8 Å². The van der Waals surface area contributed by atoms with Gasteiger partial charge in [0.1, 0.15) is 0 Å². The molecule has 1 heterocycles. The van der Waals surface area contributed by atoms with Crippen LogP contribution in [-0.4, -0.2) is 56.3 Å². The molecule has 0 radical (unpaired) electrons. The summed E-state index contributed by atoms with van der Waals surface area (Å²) in [7, 11) is 1.81. The molecule has 3 rings (SSSR count). The average molecular weight is 425 g/mol. The fourth-order valence-electron chi connectivity index (χ4n) is 3.60. The fraction of sp³-hybridized carbons (Fsp3) is 0.480. The Morgan fingerprint density at radius 2 is 1.55 bits per heavy atom. The molecule has 0 amide bonds. The number of hydrogen-bond acceptors (Lipinski definition) is 4. The molecule has 0 aromatic heterocycles. The number of nitrogens with one attached hydrogen (secondary N) is 2. The molecule has 0 aliphatic carbocycles. The van der Waals surface area contributed by atoms with E-state index in [0.29, 0.717) is 13.2 Å². The number of morpholine rings is 1. The Morgan fingerprint density at radius 1 is 0.935 bits per heavy atom. The molecule has 1 fully saturated rings. The van der Waals surface area contributed by atoms with Crippen LogP contribution in [0.2, 0.25) is 0 Å². The predicted octanol–water partition coefficient (Wildman–Crippen LogP) is 3.18. The number of ether oxygens (including phenoxy) is 2. The summed E-state index contributed by atoms with van der Waals surface area (Å²) >= 11 is 0. The van der Waals surface area contributed by atoms with Crippen molar-refractivity contribution in [2.75, 3.05) is 39.9 Å². The zero-order chi connectivity index (χ0) is 21.9. The van der Waals surface area contributed by atoms with Gasteiger partial charge in [-0.1, -0.05) is 54.6 Å². The number of benzene rings is 2. The molecule has 168 valence electrons. The van der Waals surface area contributed by atoms with Gasteiger partial charge in [-0.3, -0.25) is 9.89 Å². The van der Waals surface area contributed by atoms with Crippen molar-refractivity contribution >= 4 is 5.96 Å². The van der Waals surface area contributed by atoms with Crippen molar-refractivity contribution in [2.24, 2.45) is 4.99 Å². The summed E-state index contributed by atoms with van der Waals surface area (Å²) in [5.74, 6) is 0.816. The minimum atomic E-state index is 0.0444. The molecule has 31 heavy (non-hydrogen) atoms. The smallest absolute Gasteiger partial charge is 0.191 e. The summed E-state index contributed by atoms with van der Waals surface area (Å²) in [6.45, 7) is 10.9. The van der Waals surface area contributed by atoms with Crippen molar-refractivity contribution < 1.29 is 9.47 Å². The van der Waals surface area contributed by atoms with Crippen molar-refractivity contribution in [3.05, 3.63) is 71.3 Å². The fourth-order valence-corrected chi connectivity index (χ4v) is 3.60. The maximum absolute atomic E-state index is 5.82. The molecular formula is C25H36N4O2. The summed E-state index contributed by atoms with van der Waals surface area (Å²) in [6.07, 6.45) is 0. The molecule has 1 aliphatic heterocycles. The van der Waals surface area contributed by atoms with Crippen LogP contribution in [0.4, 0.5) is 0 Å². The number of nitrogens with zero attached hydrogens (tertiary/aromatic N) is 2. The monoisotopic (exact) mass is 424 g/mol. The Bertz CT molecular complexity index is 800. The minimum absolute atomic E-state index is 0.0444. The second kappa shape index (κ2) is 11.8. The highest BCUT2D eigenvalue weighted by Gasteiger charge is 2.28. The van der Waals surface area contributed by atoms with Gasteiger partial charge >= 0.3 is 0 Å². The highest BCUT2D eigenvalue weighted by Crippen LogP contribution is 2.15. The standard InChI is InChI=1S/C25H36N4O2/c1-25(2,29-13-15-30-16-14-29)20-28-24(26-3)27-17-21-9-11-23(12-10-21)19-31-18-22-7-5-4-6-8-22/h4-12H,13-20H2,1-3H3,(H2,26,27,28). The first-order valence-electron chi connectivity index (χ1n) is 11.0. The van der Waals surface area contributed by atoms with E-state index in [-0.39, 0.29) is 5.54 Å². The van der Waals surface area contributed by atoms with Gasteiger partial charge in [-0.15, -0.1) is 0 Å². The largest absolute Gasteiger partial charge is 0.379 e. The molecule has 2 N–H and O–H groups in total. The van der Waals surface area contributed by atoms with E-state index in [4.69, 9.17) is 9.47 Å². The van der Waals surface area contributed by atoms with Crippen molar-refractivity contribution in [2.45, 2.75) is 39.1 Å². The number of rotatable bonds is 9. The summed E-state index contributed by atoms with van der Waals surface area (Å²) in [5, 5.41) is 6.88. The lowest BCUT2D eigenvalue weighted by Crippen LogP contribution is -2.56.